The average Bonchev–Trinajstić information content (AvgIpc) is 3.40. The third-order valence-corrected chi connectivity index (χ3v) is 16.3. The van der Waals surface area contributed by atoms with Gasteiger partial charge in [0.05, 0.1) is 39.2 Å². The van der Waals surface area contributed by atoms with Crippen LogP contribution in [0.5, 0.6) is 0 Å². The first-order chi connectivity index (χ1) is 36.8. The van der Waals surface area contributed by atoms with E-state index in [2.05, 4.69) is 0 Å². The van der Waals surface area contributed by atoms with Gasteiger partial charge in [-0.25, -0.2) is 0 Å². The van der Waals surface area contributed by atoms with Crippen molar-refractivity contribution in [3.8, 4) is 33.4 Å². The van der Waals surface area contributed by atoms with Crippen LogP contribution in [-0.4, -0.2) is 235 Å². The van der Waals surface area contributed by atoms with Crippen LogP contribution in [0.4, 0.5) is 0 Å². The largest absolute Gasteiger partial charge is 0.457 e. The van der Waals surface area contributed by atoms with E-state index in [4.69, 9.17) is 240 Å². The Hall–Kier alpha value is -3.71. The molecule has 1 saturated carbocycles. The first kappa shape index (κ1) is 58.5. The minimum absolute atomic E-state index is 0.000832. The Balaban J connectivity index is 1.45. The summed E-state index contributed by atoms with van der Waals surface area (Å²) < 4.78 is 6.42. The minimum Gasteiger partial charge on any atom is -0.457 e. The third-order valence-electron chi connectivity index (χ3n) is 16.3. The van der Waals surface area contributed by atoms with Crippen LogP contribution in [0.25, 0.3) is 87.6 Å². The molecule has 4 atom stereocenters. The number of benzene rings is 8. The smallest absolute Gasteiger partial charge is 0.127 e. The summed E-state index contributed by atoms with van der Waals surface area (Å²) in [4.78, 5) is 0. The summed E-state index contributed by atoms with van der Waals surface area (Å²) in [5.41, 5.74) is -4.53. The van der Waals surface area contributed by atoms with E-state index in [-0.39, 0.29) is 230 Å². The van der Waals surface area contributed by atoms with Crippen molar-refractivity contribution in [2.45, 2.75) is 35.0 Å². The Morgan fingerprint density at radius 2 is 0.405 bits per heavy atom. The molecule has 294 valence electrons. The fraction of sp³-hybridized carbons (Fsp3) is 0.125. The van der Waals surface area contributed by atoms with Gasteiger partial charge in [0, 0.05) is 10.8 Å². The van der Waals surface area contributed by atoms with Crippen LogP contribution in [0.15, 0.2) is 4.42 Å². The van der Waals surface area contributed by atoms with Crippen molar-refractivity contribution in [2.75, 3.05) is 0 Å². The highest BCUT2D eigenvalue weighted by molar-refractivity contribution is 6.76. The number of hydrogen-bond acceptors (Lipinski definition) is 1. The van der Waals surface area contributed by atoms with E-state index in [9.17, 15) is 0 Å². The van der Waals surface area contributed by atoms with Gasteiger partial charge < -0.3 is 4.42 Å². The standard InChI is InChI=1S/C48H6B30O/c49-17-11(26(58)27(59)14-13(17)30(62)40(72)41(73)31(14)63)12-19(51)16-15-18(50)9(32(64)45(77)47(15)79-48(16)46(78)33(12)65)2-6-3(20(52)34(66)37(69)23(6)55)1(4-7(2)24(56)38(70)35(67)21(4)53)5-8(25(57)39(71)36(68)22(5)54)10-28(60)42(74)44(76)43(75)29(10)61/h10,28-29,42-44H. The van der Waals surface area contributed by atoms with E-state index in [1.807, 2.05) is 0 Å². The normalized spacial score (nSPS) is 18.6. The number of furan rings is 1. The molecule has 31 heteroatoms. The van der Waals surface area contributed by atoms with E-state index in [0.29, 0.717) is 0 Å². The lowest BCUT2D eigenvalue weighted by Gasteiger charge is -2.51. The van der Waals surface area contributed by atoms with Gasteiger partial charge in [0.15, 0.2) is 0 Å². The predicted molar refractivity (Wildman–Crippen MR) is 368 cm³/mol. The summed E-state index contributed by atoms with van der Waals surface area (Å²) in [6.45, 7) is 0. The molecule has 60 radical (unpaired) electrons. The Bertz CT molecular complexity index is 4220. The molecule has 0 spiro atoms. The highest BCUT2D eigenvalue weighted by atomic mass is 16.3. The van der Waals surface area contributed by atoms with Crippen LogP contribution >= 0.6 is 0 Å². The molecule has 1 fully saturated rings. The molecular formula is C48H6B30O. The molecule has 1 aliphatic carbocycles. The van der Waals surface area contributed by atoms with Gasteiger partial charge in [-0.3, -0.25) is 0 Å². The molecule has 0 bridgehead atoms. The van der Waals surface area contributed by atoms with Gasteiger partial charge in [0.2, 0.25) is 0 Å². The first-order valence-electron chi connectivity index (χ1n) is 23.8. The van der Waals surface area contributed by atoms with Crippen molar-refractivity contribution in [2.24, 2.45) is 0 Å². The monoisotopic (exact) mass is 928 g/mol. The van der Waals surface area contributed by atoms with Crippen molar-refractivity contribution in [3.63, 3.8) is 0 Å². The molecule has 0 saturated heterocycles. The van der Waals surface area contributed by atoms with Gasteiger partial charge >= 0.3 is 0 Å². The van der Waals surface area contributed by atoms with Crippen LogP contribution in [0.1, 0.15) is 11.5 Å². The molecule has 1 aliphatic rings. The van der Waals surface area contributed by atoms with Gasteiger partial charge in [0.25, 0.3) is 0 Å². The minimum atomic E-state index is -1.08. The zero-order valence-corrected chi connectivity index (χ0v) is 42.2. The van der Waals surface area contributed by atoms with Crippen LogP contribution in [0, 0.1) is 0 Å². The molecule has 0 amide bonds. The SMILES string of the molecule is [B]c1c([B])c([B])c(C2C([B])C([B])C([B])C([B])C2[B])c(-c2c3c([B])c([B])c([B])c([B])c3c(-c3c([B])c([B])c4oc5c([B])c([B])c(-c6c([B])c([B])c7c([B])c([B])c([B])c([B])c7c6[B])c([B])c5c4c3[B])c3c([B])c([B])c([B])c([B])c23)c1[B]. The van der Waals surface area contributed by atoms with Gasteiger partial charge in [-0.15, -0.1) is 49.2 Å². The quantitative estimate of drug-likeness (QED) is 0.127. The van der Waals surface area contributed by atoms with Gasteiger partial charge in [-0.2, -0.15) is 0 Å². The summed E-state index contributed by atoms with van der Waals surface area (Å²) >= 11 is 0. The summed E-state index contributed by atoms with van der Waals surface area (Å²) in [6, 6.07) is 0. The van der Waals surface area contributed by atoms with Crippen molar-refractivity contribution in [1.29, 1.82) is 0 Å². The molecular weight excluding hydrogens is 917 g/mol. The Morgan fingerprint density at radius 1 is 0.177 bits per heavy atom. The van der Waals surface area contributed by atoms with Gasteiger partial charge in [-0.05, 0) is 77.2 Å². The number of fused-ring (bicyclic) bond motifs is 6. The molecule has 0 N–H and O–H groups in total. The maximum absolute atomic E-state index is 7.48. The second kappa shape index (κ2) is 20.0. The molecule has 8 aromatic carbocycles. The Kier molecular flexibility index (Phi) is 14.8. The lowest BCUT2D eigenvalue weighted by Crippen LogP contribution is -2.52. The maximum Gasteiger partial charge on any atom is 0.127 e. The third kappa shape index (κ3) is 7.72. The van der Waals surface area contributed by atoms with E-state index in [1.54, 1.807) is 0 Å². The molecule has 1 nitrogen and oxygen atoms in total. The van der Waals surface area contributed by atoms with Crippen LogP contribution < -0.4 is 137 Å². The van der Waals surface area contributed by atoms with Crippen LogP contribution in [-0.2, 0) is 0 Å². The average molecular weight is 923 g/mol. The summed E-state index contributed by atoms with van der Waals surface area (Å²) in [6.07, 6.45) is 0. The van der Waals surface area contributed by atoms with Crippen LogP contribution in [0.3, 0.4) is 0 Å². The molecule has 10 rings (SSSR count). The first-order valence-corrected chi connectivity index (χ1v) is 23.8. The molecule has 1 aromatic heterocycles. The second-order valence-corrected chi connectivity index (χ2v) is 20.2. The topological polar surface area (TPSA) is 13.1 Å². The lowest BCUT2D eigenvalue weighted by molar-refractivity contribution is 0.447. The van der Waals surface area contributed by atoms with Crippen molar-refractivity contribution in [3.05, 3.63) is 5.56 Å². The lowest BCUT2D eigenvalue weighted by atomic mass is 9.35. The van der Waals surface area contributed by atoms with Gasteiger partial charge in [-0.1, -0.05) is 116 Å². The maximum atomic E-state index is 7.48. The summed E-state index contributed by atoms with van der Waals surface area (Å²) in [5, 5.41) is 0.0877. The molecule has 0 aliphatic heterocycles. The molecule has 4 unspecified atom stereocenters. The van der Waals surface area contributed by atoms with Crippen molar-refractivity contribution >= 4 is 426 Å². The van der Waals surface area contributed by atoms with E-state index >= 15 is 0 Å². The van der Waals surface area contributed by atoms with Gasteiger partial charge in [0.1, 0.15) is 207 Å². The predicted octanol–water partition coefficient (Wildman–Crippen LogP) is -18.2. The van der Waals surface area contributed by atoms with Crippen LogP contribution in [0.2, 0.25) is 29.1 Å². The molecule has 9 aromatic rings. The highest BCUT2D eigenvalue weighted by Gasteiger charge is 2.43. The second-order valence-electron chi connectivity index (χ2n) is 20.2. The zero-order valence-electron chi connectivity index (χ0n) is 42.2. The zero-order chi connectivity index (χ0) is 58.4. The number of hydrogen-bond donors (Lipinski definition) is 0. The molecule has 79 heavy (non-hydrogen) atoms. The fourth-order valence-electron chi connectivity index (χ4n) is 11.9. The van der Waals surface area contributed by atoms with E-state index in [0.717, 1.165) is 0 Å². The number of rotatable bonds is 4. The molecule has 1 heterocycles. The summed E-state index contributed by atoms with van der Waals surface area (Å²) in [5.74, 6) is -5.99. The highest BCUT2D eigenvalue weighted by Crippen LogP contribution is 2.60. The van der Waals surface area contributed by atoms with Crippen molar-refractivity contribution in [1.82, 2.24) is 0 Å². The van der Waals surface area contributed by atoms with Crippen molar-refractivity contribution < 1.29 is 4.42 Å². The summed E-state index contributed by atoms with van der Waals surface area (Å²) in [7, 11) is 206. The Morgan fingerprint density at radius 3 is 0.772 bits per heavy atom. The fourth-order valence-corrected chi connectivity index (χ4v) is 11.9. The van der Waals surface area contributed by atoms with E-state index in [1.165, 1.54) is 0 Å². The Labute approximate surface area is 501 Å². The van der Waals surface area contributed by atoms with E-state index < -0.39 is 35.0 Å².